The summed E-state index contributed by atoms with van der Waals surface area (Å²) >= 11 is 0. The van der Waals surface area contributed by atoms with Crippen LogP contribution in [0, 0.1) is 0 Å². The number of likely N-dealkylation sites (tertiary alicyclic amines) is 2. The number of aliphatic hydroxyl groups is 1. The molecule has 2 aliphatic rings. The molecule has 1 unspecified atom stereocenters. The van der Waals surface area contributed by atoms with Crippen LogP contribution < -0.4 is 0 Å². The Kier molecular flexibility index (Phi) is 4.99. The Labute approximate surface area is 153 Å². The number of nitrogens with one attached hydrogen (secondary N) is 1. The first-order valence-electron chi connectivity index (χ1n) is 9.38. The third kappa shape index (κ3) is 3.64. The van der Waals surface area contributed by atoms with Crippen molar-refractivity contribution in [2.24, 2.45) is 0 Å². The lowest BCUT2D eigenvalue weighted by atomic mass is 9.99. The minimum Gasteiger partial charge on any atom is -0.392 e. The second-order valence-corrected chi connectivity index (χ2v) is 7.22. The first-order chi connectivity index (χ1) is 12.7. The van der Waals surface area contributed by atoms with Gasteiger partial charge in [0.25, 0.3) is 5.91 Å². The summed E-state index contributed by atoms with van der Waals surface area (Å²) in [4.78, 5) is 21.1. The molecule has 4 rings (SSSR count). The summed E-state index contributed by atoms with van der Waals surface area (Å²) in [5, 5.41) is 17.0. The lowest BCUT2D eigenvalue weighted by molar-refractivity contribution is 0.0239. The van der Waals surface area contributed by atoms with Crippen LogP contribution in [0.15, 0.2) is 30.6 Å². The SMILES string of the molecule is O=C(c1cc(-c2ccncc2)n[nH]1)N1CCC(N2CCCC(O)C2)CC1. The van der Waals surface area contributed by atoms with Crippen molar-refractivity contribution in [1.29, 1.82) is 0 Å². The van der Waals surface area contributed by atoms with E-state index < -0.39 is 0 Å². The molecule has 1 atom stereocenters. The summed E-state index contributed by atoms with van der Waals surface area (Å²) in [6.45, 7) is 3.33. The van der Waals surface area contributed by atoms with Crippen molar-refractivity contribution < 1.29 is 9.90 Å². The Morgan fingerprint density at radius 3 is 2.65 bits per heavy atom. The average molecular weight is 355 g/mol. The highest BCUT2D eigenvalue weighted by Crippen LogP contribution is 2.23. The maximum atomic E-state index is 12.8. The van der Waals surface area contributed by atoms with Gasteiger partial charge in [-0.15, -0.1) is 0 Å². The van der Waals surface area contributed by atoms with Gasteiger partial charge >= 0.3 is 0 Å². The fourth-order valence-electron chi connectivity index (χ4n) is 4.02. The molecule has 2 aromatic rings. The van der Waals surface area contributed by atoms with Gasteiger partial charge in [-0.05, 0) is 50.4 Å². The zero-order valence-corrected chi connectivity index (χ0v) is 14.8. The first-order valence-corrected chi connectivity index (χ1v) is 9.38. The van der Waals surface area contributed by atoms with Crippen LogP contribution in [0.4, 0.5) is 0 Å². The number of β-amino-alcohol motifs (C(OH)–C–C–N with tert-alkyl or cyclic N) is 1. The number of hydrogen-bond acceptors (Lipinski definition) is 5. The fraction of sp³-hybridized carbons (Fsp3) is 0.526. The first kappa shape index (κ1) is 17.2. The van der Waals surface area contributed by atoms with Crippen molar-refractivity contribution in [1.82, 2.24) is 25.0 Å². The Hall–Kier alpha value is -2.25. The van der Waals surface area contributed by atoms with Crippen LogP contribution in [0.1, 0.15) is 36.2 Å². The number of H-pyrrole nitrogens is 1. The number of hydrogen-bond donors (Lipinski definition) is 2. The Balaban J connectivity index is 1.36. The number of aromatic amines is 1. The van der Waals surface area contributed by atoms with Crippen molar-refractivity contribution in [3.63, 3.8) is 0 Å². The third-order valence-corrected chi connectivity index (χ3v) is 5.48. The molecule has 7 nitrogen and oxygen atoms in total. The number of nitrogens with zero attached hydrogens (tertiary/aromatic N) is 4. The molecule has 4 heterocycles. The predicted molar refractivity (Wildman–Crippen MR) is 97.6 cm³/mol. The second kappa shape index (κ2) is 7.55. The second-order valence-electron chi connectivity index (χ2n) is 7.22. The lowest BCUT2D eigenvalue weighted by Crippen LogP contribution is -2.50. The molecule has 0 spiro atoms. The number of pyridine rings is 1. The largest absolute Gasteiger partial charge is 0.392 e. The summed E-state index contributed by atoms with van der Waals surface area (Å²) in [5.74, 6) is 0.00920. The molecule has 7 heteroatoms. The summed E-state index contributed by atoms with van der Waals surface area (Å²) in [6.07, 6.45) is 7.13. The smallest absolute Gasteiger partial charge is 0.271 e. The highest BCUT2D eigenvalue weighted by atomic mass is 16.3. The molecule has 0 aromatic carbocycles. The molecule has 0 saturated carbocycles. The zero-order valence-electron chi connectivity index (χ0n) is 14.8. The number of carbonyl (C=O) groups is 1. The molecule has 0 aliphatic carbocycles. The van der Waals surface area contributed by atoms with E-state index in [1.807, 2.05) is 23.1 Å². The van der Waals surface area contributed by atoms with Crippen LogP contribution in [0.3, 0.4) is 0 Å². The molecule has 1 amide bonds. The topological polar surface area (TPSA) is 85.4 Å². The Bertz CT molecular complexity index is 739. The van der Waals surface area contributed by atoms with Crippen LogP contribution in [-0.4, -0.2) is 74.3 Å². The van der Waals surface area contributed by atoms with Crippen LogP contribution in [0.25, 0.3) is 11.3 Å². The summed E-state index contributed by atoms with van der Waals surface area (Å²) in [7, 11) is 0. The number of rotatable bonds is 3. The summed E-state index contributed by atoms with van der Waals surface area (Å²) in [6, 6.07) is 6.04. The zero-order chi connectivity index (χ0) is 17.9. The average Bonchev–Trinajstić information content (AvgIpc) is 3.18. The van der Waals surface area contributed by atoms with E-state index in [2.05, 4.69) is 20.1 Å². The van der Waals surface area contributed by atoms with Gasteiger partial charge in [0, 0.05) is 43.6 Å². The Morgan fingerprint density at radius 1 is 1.15 bits per heavy atom. The molecule has 2 saturated heterocycles. The molecule has 2 aliphatic heterocycles. The number of aromatic nitrogens is 3. The fourth-order valence-corrected chi connectivity index (χ4v) is 4.02. The van der Waals surface area contributed by atoms with Gasteiger partial charge in [0.1, 0.15) is 5.69 Å². The van der Waals surface area contributed by atoms with Gasteiger partial charge in [0.2, 0.25) is 0 Å². The van der Waals surface area contributed by atoms with E-state index in [4.69, 9.17) is 0 Å². The molecule has 2 aromatic heterocycles. The van der Waals surface area contributed by atoms with Crippen LogP contribution in [-0.2, 0) is 0 Å². The lowest BCUT2D eigenvalue weighted by Gasteiger charge is -2.41. The van der Waals surface area contributed by atoms with Crippen LogP contribution in [0.5, 0.6) is 0 Å². The minimum atomic E-state index is -0.194. The quantitative estimate of drug-likeness (QED) is 0.872. The van der Waals surface area contributed by atoms with Gasteiger partial charge in [0.15, 0.2) is 0 Å². The third-order valence-electron chi connectivity index (χ3n) is 5.48. The van der Waals surface area contributed by atoms with Gasteiger partial charge in [0.05, 0.1) is 11.8 Å². The number of carbonyl (C=O) groups excluding carboxylic acids is 1. The van der Waals surface area contributed by atoms with Gasteiger partial charge < -0.3 is 10.0 Å². The maximum Gasteiger partial charge on any atom is 0.271 e. The van der Waals surface area contributed by atoms with Crippen molar-refractivity contribution in [3.05, 3.63) is 36.3 Å². The van der Waals surface area contributed by atoms with E-state index in [1.54, 1.807) is 12.4 Å². The summed E-state index contributed by atoms with van der Waals surface area (Å²) in [5.41, 5.74) is 2.23. The maximum absolute atomic E-state index is 12.8. The highest BCUT2D eigenvalue weighted by molar-refractivity contribution is 5.93. The minimum absolute atomic E-state index is 0.00920. The van der Waals surface area contributed by atoms with E-state index in [-0.39, 0.29) is 12.0 Å². The molecular weight excluding hydrogens is 330 g/mol. The molecule has 138 valence electrons. The van der Waals surface area contributed by atoms with Gasteiger partial charge in [-0.3, -0.25) is 19.8 Å². The monoisotopic (exact) mass is 355 g/mol. The van der Waals surface area contributed by atoms with E-state index in [1.165, 1.54) is 0 Å². The van der Waals surface area contributed by atoms with Crippen molar-refractivity contribution in [2.75, 3.05) is 26.2 Å². The molecule has 2 N–H and O–H groups in total. The summed E-state index contributed by atoms with van der Waals surface area (Å²) < 4.78 is 0. The number of amides is 1. The molecular formula is C19H25N5O2. The van der Waals surface area contributed by atoms with E-state index in [9.17, 15) is 9.90 Å². The van der Waals surface area contributed by atoms with E-state index in [0.717, 1.165) is 63.1 Å². The van der Waals surface area contributed by atoms with Gasteiger partial charge in [-0.1, -0.05) is 0 Å². The van der Waals surface area contributed by atoms with Crippen molar-refractivity contribution in [3.8, 4) is 11.3 Å². The van der Waals surface area contributed by atoms with Crippen molar-refractivity contribution in [2.45, 2.75) is 37.8 Å². The number of piperidine rings is 2. The highest BCUT2D eigenvalue weighted by Gasteiger charge is 2.30. The van der Waals surface area contributed by atoms with E-state index >= 15 is 0 Å². The normalized spacial score (nSPS) is 22.5. The standard InChI is InChI=1S/C19H25N5O2/c25-16-2-1-9-24(13-16)15-5-10-23(11-6-15)19(26)18-12-17(21-22-18)14-3-7-20-8-4-14/h3-4,7-8,12,15-16,25H,1-2,5-6,9-11,13H2,(H,21,22). The van der Waals surface area contributed by atoms with Crippen molar-refractivity contribution >= 4 is 5.91 Å². The molecule has 0 bridgehead atoms. The van der Waals surface area contributed by atoms with Crippen LogP contribution in [0.2, 0.25) is 0 Å². The molecule has 26 heavy (non-hydrogen) atoms. The Morgan fingerprint density at radius 2 is 1.92 bits per heavy atom. The molecule has 2 fully saturated rings. The predicted octanol–water partition coefficient (Wildman–Crippen LogP) is 1.53. The van der Waals surface area contributed by atoms with Crippen LogP contribution >= 0.6 is 0 Å². The van der Waals surface area contributed by atoms with E-state index in [0.29, 0.717) is 11.7 Å². The van der Waals surface area contributed by atoms with Gasteiger partial charge in [-0.2, -0.15) is 5.10 Å². The number of aliphatic hydroxyl groups excluding tert-OH is 1. The molecule has 0 radical (unpaired) electrons. The van der Waals surface area contributed by atoms with Gasteiger partial charge in [-0.25, -0.2) is 0 Å².